The molecule has 2 N–H and O–H groups in total. The van der Waals surface area contributed by atoms with Gasteiger partial charge in [-0.15, -0.1) is 0 Å². The van der Waals surface area contributed by atoms with Crippen molar-refractivity contribution in [1.29, 1.82) is 0 Å². The Hall–Kier alpha value is -0.830. The molecule has 3 nitrogen and oxygen atoms in total. The van der Waals surface area contributed by atoms with E-state index in [-0.39, 0.29) is 5.57 Å². The van der Waals surface area contributed by atoms with Gasteiger partial charge < -0.3 is 10.2 Å². The second-order valence-electron chi connectivity index (χ2n) is 7.44. The normalized spacial score (nSPS) is 12.2. The van der Waals surface area contributed by atoms with E-state index in [4.69, 9.17) is 5.11 Å². The number of unbranched alkanes of at least 4 members (excludes halogenated alkanes) is 15. The van der Waals surface area contributed by atoms with Crippen LogP contribution in [0.25, 0.3) is 0 Å². The monoisotopic (exact) mass is 354 g/mol. The number of hydrogen-bond acceptors (Lipinski definition) is 2. The van der Waals surface area contributed by atoms with E-state index in [2.05, 4.69) is 13.5 Å². The van der Waals surface area contributed by atoms with E-state index in [0.717, 1.165) is 12.8 Å². The molecule has 1 atom stereocenters. The molecule has 0 aliphatic carbocycles. The number of rotatable bonds is 19. The van der Waals surface area contributed by atoms with Gasteiger partial charge in [-0.25, -0.2) is 4.79 Å². The fourth-order valence-electron chi connectivity index (χ4n) is 3.20. The topological polar surface area (TPSA) is 57.5 Å². The van der Waals surface area contributed by atoms with Crippen LogP contribution < -0.4 is 0 Å². The first-order chi connectivity index (χ1) is 12.1. The fraction of sp³-hybridized carbons (Fsp3) is 0.864. The highest BCUT2D eigenvalue weighted by Crippen LogP contribution is 2.15. The summed E-state index contributed by atoms with van der Waals surface area (Å²) in [5.74, 6) is -1.09. The predicted molar refractivity (Wildman–Crippen MR) is 107 cm³/mol. The molecule has 0 bridgehead atoms. The smallest absolute Gasteiger partial charge is 0.333 e. The van der Waals surface area contributed by atoms with Crippen molar-refractivity contribution in [2.45, 2.75) is 122 Å². The first kappa shape index (κ1) is 24.2. The molecule has 0 amide bonds. The Morgan fingerprint density at radius 3 is 1.36 bits per heavy atom. The minimum Gasteiger partial charge on any atom is -0.478 e. The Morgan fingerprint density at radius 1 is 0.720 bits per heavy atom. The number of carboxylic acid groups (broad SMARTS) is 1. The molecule has 0 radical (unpaired) electrons. The molecular formula is C22H42O3. The predicted octanol–water partition coefficient (Wildman–Crippen LogP) is 6.64. The van der Waals surface area contributed by atoms with Crippen LogP contribution in [0.1, 0.15) is 116 Å². The number of aliphatic carboxylic acids is 1. The van der Waals surface area contributed by atoms with Gasteiger partial charge in [0.05, 0.1) is 11.7 Å². The average Bonchev–Trinajstić information content (AvgIpc) is 2.60. The summed E-state index contributed by atoms with van der Waals surface area (Å²) in [5.41, 5.74) is -0.0824. The molecule has 0 aliphatic rings. The van der Waals surface area contributed by atoms with Crippen molar-refractivity contribution in [2.24, 2.45) is 0 Å². The van der Waals surface area contributed by atoms with Gasteiger partial charge in [0.1, 0.15) is 0 Å². The Labute approximate surface area is 155 Å². The third kappa shape index (κ3) is 16.4. The lowest BCUT2D eigenvalue weighted by molar-refractivity contribution is -0.133. The molecule has 0 fully saturated rings. The summed E-state index contributed by atoms with van der Waals surface area (Å²) in [4.78, 5) is 10.7. The molecule has 0 aromatic rings. The van der Waals surface area contributed by atoms with Crippen LogP contribution >= 0.6 is 0 Å². The Kier molecular flexibility index (Phi) is 17.4. The van der Waals surface area contributed by atoms with Gasteiger partial charge in [-0.05, 0) is 6.42 Å². The zero-order valence-corrected chi connectivity index (χ0v) is 16.6. The molecule has 3 heteroatoms. The van der Waals surface area contributed by atoms with Crippen LogP contribution in [0.3, 0.4) is 0 Å². The van der Waals surface area contributed by atoms with Crippen LogP contribution in [0.15, 0.2) is 12.2 Å². The maximum absolute atomic E-state index is 10.7. The molecular weight excluding hydrogens is 312 g/mol. The van der Waals surface area contributed by atoms with Crippen molar-refractivity contribution in [1.82, 2.24) is 0 Å². The highest BCUT2D eigenvalue weighted by molar-refractivity contribution is 5.86. The highest BCUT2D eigenvalue weighted by Gasteiger charge is 2.14. The first-order valence-corrected chi connectivity index (χ1v) is 10.7. The van der Waals surface area contributed by atoms with Gasteiger partial charge in [0.2, 0.25) is 0 Å². The summed E-state index contributed by atoms with van der Waals surface area (Å²) in [6.45, 7) is 5.66. The van der Waals surface area contributed by atoms with Gasteiger partial charge in [-0.1, -0.05) is 116 Å². The zero-order chi connectivity index (χ0) is 18.8. The van der Waals surface area contributed by atoms with Crippen LogP contribution in [0.4, 0.5) is 0 Å². The van der Waals surface area contributed by atoms with E-state index in [1.54, 1.807) is 0 Å². The van der Waals surface area contributed by atoms with Crippen LogP contribution in [0.5, 0.6) is 0 Å². The third-order valence-electron chi connectivity index (χ3n) is 5.01. The largest absolute Gasteiger partial charge is 0.478 e. The van der Waals surface area contributed by atoms with Gasteiger partial charge in [-0.3, -0.25) is 0 Å². The van der Waals surface area contributed by atoms with E-state index in [1.807, 2.05) is 0 Å². The lowest BCUT2D eigenvalue weighted by atomic mass is 10.0. The molecule has 0 rings (SSSR count). The van der Waals surface area contributed by atoms with E-state index < -0.39 is 12.1 Å². The maximum atomic E-state index is 10.7. The van der Waals surface area contributed by atoms with Crippen molar-refractivity contribution >= 4 is 5.97 Å². The summed E-state index contributed by atoms with van der Waals surface area (Å²) in [6, 6.07) is 0. The summed E-state index contributed by atoms with van der Waals surface area (Å²) in [6.07, 6.45) is 20.7. The molecule has 148 valence electrons. The van der Waals surface area contributed by atoms with E-state index in [0.29, 0.717) is 6.42 Å². The van der Waals surface area contributed by atoms with Crippen LogP contribution in [0.2, 0.25) is 0 Å². The summed E-state index contributed by atoms with van der Waals surface area (Å²) in [5, 5.41) is 18.4. The minimum absolute atomic E-state index is 0.0824. The van der Waals surface area contributed by atoms with Crippen LogP contribution in [-0.2, 0) is 4.79 Å². The molecule has 0 saturated heterocycles. The average molecular weight is 355 g/mol. The molecule has 0 aromatic heterocycles. The first-order valence-electron chi connectivity index (χ1n) is 10.7. The molecule has 1 unspecified atom stereocenters. The Balaban J connectivity index is 3.17. The van der Waals surface area contributed by atoms with Gasteiger partial charge >= 0.3 is 5.97 Å². The fourth-order valence-corrected chi connectivity index (χ4v) is 3.20. The SMILES string of the molecule is C=C(C(=O)O)C(O)CCCCCCCCCCCCCCCCCC. The summed E-state index contributed by atoms with van der Waals surface area (Å²) >= 11 is 0. The second kappa shape index (κ2) is 18.0. The second-order valence-corrected chi connectivity index (χ2v) is 7.44. The molecule has 25 heavy (non-hydrogen) atoms. The molecule has 0 aromatic carbocycles. The lowest BCUT2D eigenvalue weighted by Gasteiger charge is -2.09. The summed E-state index contributed by atoms with van der Waals surface area (Å²) < 4.78 is 0. The van der Waals surface area contributed by atoms with E-state index in [9.17, 15) is 9.90 Å². The third-order valence-corrected chi connectivity index (χ3v) is 5.01. The van der Waals surface area contributed by atoms with Crippen molar-refractivity contribution in [2.75, 3.05) is 0 Å². The van der Waals surface area contributed by atoms with E-state index >= 15 is 0 Å². The Morgan fingerprint density at radius 2 is 1.04 bits per heavy atom. The van der Waals surface area contributed by atoms with Crippen molar-refractivity contribution in [3.05, 3.63) is 12.2 Å². The molecule has 0 spiro atoms. The minimum atomic E-state index is -1.09. The number of carboxylic acids is 1. The molecule has 0 saturated carbocycles. The number of aliphatic hydroxyl groups is 1. The number of hydrogen-bond donors (Lipinski definition) is 2. The van der Waals surface area contributed by atoms with Gasteiger partial charge in [0.15, 0.2) is 0 Å². The van der Waals surface area contributed by atoms with Gasteiger partial charge in [-0.2, -0.15) is 0 Å². The Bertz CT molecular complexity index is 325. The van der Waals surface area contributed by atoms with Crippen molar-refractivity contribution in [3.63, 3.8) is 0 Å². The number of carbonyl (C=O) groups is 1. The lowest BCUT2D eigenvalue weighted by Crippen LogP contribution is -2.16. The van der Waals surface area contributed by atoms with Crippen molar-refractivity contribution < 1.29 is 15.0 Å². The molecule has 0 heterocycles. The maximum Gasteiger partial charge on any atom is 0.333 e. The van der Waals surface area contributed by atoms with E-state index in [1.165, 1.54) is 89.9 Å². The number of aliphatic hydroxyl groups excluding tert-OH is 1. The summed E-state index contributed by atoms with van der Waals surface area (Å²) in [7, 11) is 0. The standard InChI is InChI=1S/C22H42O3/c1-3-4-5-6-7-8-9-10-11-12-13-14-15-16-17-18-19-21(23)20(2)22(24)25/h21,23H,2-19H2,1H3,(H,24,25). The van der Waals surface area contributed by atoms with Crippen LogP contribution in [-0.4, -0.2) is 22.3 Å². The zero-order valence-electron chi connectivity index (χ0n) is 16.6. The molecule has 0 aliphatic heterocycles. The quantitative estimate of drug-likeness (QED) is 0.202. The van der Waals surface area contributed by atoms with Gasteiger partial charge in [0, 0.05) is 0 Å². The van der Waals surface area contributed by atoms with Crippen LogP contribution in [0, 0.1) is 0 Å². The van der Waals surface area contributed by atoms with Gasteiger partial charge in [0.25, 0.3) is 0 Å². The highest BCUT2D eigenvalue weighted by atomic mass is 16.4. The van der Waals surface area contributed by atoms with Crippen molar-refractivity contribution in [3.8, 4) is 0 Å².